The van der Waals surface area contributed by atoms with E-state index in [-0.39, 0.29) is 11.9 Å². The van der Waals surface area contributed by atoms with Crippen molar-refractivity contribution >= 4 is 29.8 Å². The second-order valence-corrected chi connectivity index (χ2v) is 4.70. The minimum absolute atomic E-state index is 0.00971. The smallest absolute Gasteiger partial charge is 0.223 e. The van der Waals surface area contributed by atoms with Gasteiger partial charge in [0.2, 0.25) is 5.96 Å². The highest BCUT2D eigenvalue weighted by atomic mass is 16.5. The van der Waals surface area contributed by atoms with Gasteiger partial charge in [0.05, 0.1) is 5.69 Å². The fourth-order valence-electron chi connectivity index (χ4n) is 2.12. The fraction of sp³-hybridized carbons (Fsp3) is 0. The lowest BCUT2D eigenvalue weighted by Crippen LogP contribution is -2.26. The molecule has 6 heteroatoms. The van der Waals surface area contributed by atoms with Crippen LogP contribution in [0, 0.1) is 0 Å². The van der Waals surface area contributed by atoms with Crippen LogP contribution in [-0.2, 0) is 0 Å². The summed E-state index contributed by atoms with van der Waals surface area (Å²) in [5, 5.41) is 0. The van der Waals surface area contributed by atoms with Gasteiger partial charge in [0.15, 0.2) is 5.96 Å². The summed E-state index contributed by atoms with van der Waals surface area (Å²) in [7, 11) is 0. The third kappa shape index (κ3) is 2.90. The van der Waals surface area contributed by atoms with Crippen LogP contribution in [0.25, 0.3) is 12.2 Å². The predicted octanol–water partition coefficient (Wildman–Crippen LogP) is 2.18. The number of hydrogen-bond acceptors (Lipinski definition) is 2. The van der Waals surface area contributed by atoms with Gasteiger partial charge >= 0.3 is 0 Å². The summed E-state index contributed by atoms with van der Waals surface area (Å²) in [6, 6.07) is 13.3. The maximum atomic E-state index is 5.95. The lowest BCUT2D eigenvalue weighted by Gasteiger charge is -2.09. The van der Waals surface area contributed by atoms with E-state index in [9.17, 15) is 0 Å². The molecule has 0 spiro atoms. The Hall–Kier alpha value is -3.28. The van der Waals surface area contributed by atoms with Gasteiger partial charge in [0, 0.05) is 17.2 Å². The van der Waals surface area contributed by atoms with Crippen molar-refractivity contribution in [3.05, 3.63) is 53.6 Å². The lowest BCUT2D eigenvalue weighted by atomic mass is 10.1. The molecule has 2 aromatic carbocycles. The molecule has 3 rings (SSSR count). The molecule has 1 heterocycles. The van der Waals surface area contributed by atoms with Gasteiger partial charge in [-0.3, -0.25) is 0 Å². The topological polar surface area (TPSA) is 112 Å². The van der Waals surface area contributed by atoms with Gasteiger partial charge in [0.25, 0.3) is 0 Å². The van der Waals surface area contributed by atoms with E-state index in [1.54, 1.807) is 6.07 Å². The van der Waals surface area contributed by atoms with Crippen molar-refractivity contribution in [2.75, 3.05) is 0 Å². The number of ether oxygens (including phenoxy) is 1. The molecule has 6 N–H and O–H groups in total. The van der Waals surface area contributed by atoms with E-state index in [1.165, 1.54) is 0 Å². The molecule has 110 valence electrons. The van der Waals surface area contributed by atoms with Crippen LogP contribution in [-0.4, -0.2) is 11.9 Å². The van der Waals surface area contributed by atoms with E-state index in [1.807, 2.05) is 48.6 Å². The Morgan fingerprint density at radius 1 is 0.864 bits per heavy atom. The molecule has 22 heavy (non-hydrogen) atoms. The predicted molar refractivity (Wildman–Crippen MR) is 89.0 cm³/mol. The summed E-state index contributed by atoms with van der Waals surface area (Å²) >= 11 is 0. The molecule has 0 bridgehead atoms. The summed E-state index contributed by atoms with van der Waals surface area (Å²) in [4.78, 5) is 7.82. The van der Waals surface area contributed by atoms with Gasteiger partial charge in [-0.1, -0.05) is 30.4 Å². The second kappa shape index (κ2) is 5.61. The minimum Gasteiger partial charge on any atom is -0.456 e. The van der Waals surface area contributed by atoms with Crippen LogP contribution >= 0.6 is 0 Å². The molecular weight excluding hydrogens is 278 g/mol. The van der Waals surface area contributed by atoms with Crippen LogP contribution in [0.3, 0.4) is 0 Å². The fourth-order valence-corrected chi connectivity index (χ4v) is 2.12. The molecule has 1 aliphatic rings. The Morgan fingerprint density at radius 3 is 2.36 bits per heavy atom. The number of rotatable bonds is 1. The Balaban J connectivity index is 1.98. The summed E-state index contributed by atoms with van der Waals surface area (Å²) in [6.07, 6.45) is 4.01. The molecule has 6 nitrogen and oxygen atoms in total. The van der Waals surface area contributed by atoms with Crippen molar-refractivity contribution in [2.24, 2.45) is 27.2 Å². The van der Waals surface area contributed by atoms with Crippen LogP contribution in [0.4, 0.5) is 5.69 Å². The van der Waals surface area contributed by atoms with Crippen LogP contribution < -0.4 is 21.9 Å². The lowest BCUT2D eigenvalue weighted by molar-refractivity contribution is 0.481. The van der Waals surface area contributed by atoms with E-state index in [4.69, 9.17) is 21.9 Å². The number of para-hydroxylation sites is 1. The molecule has 0 saturated carbocycles. The van der Waals surface area contributed by atoms with Crippen molar-refractivity contribution in [3.63, 3.8) is 0 Å². The van der Waals surface area contributed by atoms with E-state index >= 15 is 0 Å². The summed E-state index contributed by atoms with van der Waals surface area (Å²) in [5.74, 6) is 1.34. The zero-order valence-corrected chi connectivity index (χ0v) is 11.7. The highest BCUT2D eigenvalue weighted by Crippen LogP contribution is 2.35. The molecular formula is C16H15N5O. The number of nitrogens with zero attached hydrogens (tertiary/aromatic N) is 2. The normalized spacial score (nSPS) is 12.6. The first-order chi connectivity index (χ1) is 10.6. The Morgan fingerprint density at radius 2 is 1.59 bits per heavy atom. The van der Waals surface area contributed by atoms with Gasteiger partial charge < -0.3 is 21.9 Å². The molecule has 2 aromatic rings. The molecule has 0 aliphatic carbocycles. The molecule has 0 saturated heterocycles. The molecule has 0 unspecified atom stereocenters. The number of hydrogen-bond donors (Lipinski definition) is 3. The summed E-state index contributed by atoms with van der Waals surface area (Å²) in [6.45, 7) is 0. The summed E-state index contributed by atoms with van der Waals surface area (Å²) < 4.78 is 5.95. The average Bonchev–Trinajstić information content (AvgIpc) is 2.64. The zero-order valence-electron chi connectivity index (χ0n) is 11.7. The molecule has 0 aromatic heterocycles. The minimum atomic E-state index is -0.135. The van der Waals surface area contributed by atoms with Crippen LogP contribution in [0.2, 0.25) is 0 Å². The molecule has 0 radical (unpaired) electrons. The van der Waals surface area contributed by atoms with E-state index in [0.717, 1.165) is 16.9 Å². The van der Waals surface area contributed by atoms with Gasteiger partial charge in [-0.05, 0) is 18.2 Å². The van der Waals surface area contributed by atoms with Crippen LogP contribution in [0.15, 0.2) is 52.4 Å². The largest absolute Gasteiger partial charge is 0.456 e. The number of fused-ring (bicyclic) bond motifs is 2. The van der Waals surface area contributed by atoms with Crippen molar-refractivity contribution in [1.29, 1.82) is 0 Å². The Bertz CT molecular complexity index is 804. The van der Waals surface area contributed by atoms with Crippen molar-refractivity contribution in [3.8, 4) is 11.5 Å². The van der Waals surface area contributed by atoms with Crippen LogP contribution in [0.5, 0.6) is 11.5 Å². The number of benzene rings is 2. The quantitative estimate of drug-likeness (QED) is 0.471. The van der Waals surface area contributed by atoms with Gasteiger partial charge in [-0.2, -0.15) is 4.99 Å². The second-order valence-electron chi connectivity index (χ2n) is 4.70. The van der Waals surface area contributed by atoms with Gasteiger partial charge in [-0.25, -0.2) is 4.99 Å². The third-order valence-electron chi connectivity index (χ3n) is 3.07. The molecule has 0 fully saturated rings. The van der Waals surface area contributed by atoms with Gasteiger partial charge in [-0.15, -0.1) is 0 Å². The van der Waals surface area contributed by atoms with E-state index in [0.29, 0.717) is 11.4 Å². The SMILES string of the molecule is NC(N)=NC(N)=Nc1ccc2c(c1)Oc1ccccc1C=C2. The Labute approximate surface area is 127 Å². The standard InChI is InChI=1S/C16H15N5O/c17-15(18)21-16(19)20-12-8-7-11-6-5-10-3-1-2-4-13(10)22-14(11)9-12/h1-9H,(H6,17,18,19,20,21). The zero-order chi connectivity index (χ0) is 15.5. The first-order valence-electron chi connectivity index (χ1n) is 6.64. The first kappa shape index (κ1) is 13.7. The van der Waals surface area contributed by atoms with Crippen molar-refractivity contribution in [1.82, 2.24) is 0 Å². The monoisotopic (exact) mass is 293 g/mol. The highest BCUT2D eigenvalue weighted by molar-refractivity contribution is 5.93. The third-order valence-corrected chi connectivity index (χ3v) is 3.07. The van der Waals surface area contributed by atoms with Crippen molar-refractivity contribution in [2.45, 2.75) is 0 Å². The molecule has 0 amide bonds. The van der Waals surface area contributed by atoms with Gasteiger partial charge in [0.1, 0.15) is 11.5 Å². The number of guanidine groups is 2. The maximum absolute atomic E-state index is 5.95. The molecule has 0 atom stereocenters. The summed E-state index contributed by atoms with van der Waals surface area (Å²) in [5.41, 5.74) is 18.7. The average molecular weight is 293 g/mol. The number of nitrogens with two attached hydrogens (primary N) is 3. The highest BCUT2D eigenvalue weighted by Gasteiger charge is 2.10. The molecule has 1 aliphatic heterocycles. The van der Waals surface area contributed by atoms with Crippen LogP contribution in [0.1, 0.15) is 11.1 Å². The number of aliphatic imine (C=N–C) groups is 2. The van der Waals surface area contributed by atoms with Crippen molar-refractivity contribution < 1.29 is 4.74 Å². The van der Waals surface area contributed by atoms with E-state index in [2.05, 4.69) is 9.98 Å². The van der Waals surface area contributed by atoms with E-state index < -0.39 is 0 Å². The Kier molecular flexibility index (Phi) is 3.49. The first-order valence-corrected chi connectivity index (χ1v) is 6.64. The maximum Gasteiger partial charge on any atom is 0.223 e.